The molecule has 2 heterocycles. The molecule has 1 saturated carbocycles. The fraction of sp³-hybridized carbons (Fsp3) is 0.250. The molecule has 0 saturated heterocycles. The molecule has 8 nitrogen and oxygen atoms in total. The topological polar surface area (TPSA) is 131 Å². The number of hydrogen-bond acceptors (Lipinski definition) is 5. The van der Waals surface area contributed by atoms with Crippen LogP contribution in [0.4, 0.5) is 15.8 Å². The Morgan fingerprint density at radius 1 is 1.18 bits per heavy atom. The quantitative estimate of drug-likeness (QED) is 0.190. The molecule has 0 bridgehead atoms. The summed E-state index contributed by atoms with van der Waals surface area (Å²) in [5.41, 5.74) is 17.7. The lowest BCUT2D eigenvalue weighted by atomic mass is 9.91. The average molecular weight is 535 g/mol. The number of carboxylic acids is 1. The highest BCUT2D eigenvalue weighted by Gasteiger charge is 2.22. The smallest absolute Gasteiger partial charge is 0.335 e. The molecule has 4 aromatic rings. The first kappa shape index (κ1) is 25.7. The van der Waals surface area contributed by atoms with Crippen LogP contribution >= 0.6 is 11.6 Å². The van der Waals surface area contributed by atoms with Gasteiger partial charge < -0.3 is 21.9 Å². The van der Waals surface area contributed by atoms with Crippen LogP contribution in [-0.4, -0.2) is 38.6 Å². The van der Waals surface area contributed by atoms with Crippen LogP contribution < -0.4 is 16.8 Å². The van der Waals surface area contributed by atoms with Crippen molar-refractivity contribution in [2.24, 2.45) is 16.5 Å². The minimum atomic E-state index is -0.972. The minimum Gasteiger partial charge on any atom is -0.478 e. The maximum Gasteiger partial charge on any atom is 0.335 e. The maximum absolute atomic E-state index is 13.9. The predicted molar refractivity (Wildman–Crippen MR) is 148 cm³/mol. The van der Waals surface area contributed by atoms with Crippen molar-refractivity contribution in [1.82, 2.24) is 9.61 Å². The van der Waals surface area contributed by atoms with E-state index in [1.54, 1.807) is 28.9 Å². The summed E-state index contributed by atoms with van der Waals surface area (Å²) in [7, 11) is 0. The number of aliphatic imine (C=N–C) groups is 1. The molecule has 0 amide bonds. The van der Waals surface area contributed by atoms with Gasteiger partial charge in [-0.2, -0.15) is 5.10 Å². The van der Waals surface area contributed by atoms with Gasteiger partial charge in [-0.3, -0.25) is 0 Å². The second-order valence-corrected chi connectivity index (χ2v) is 10.1. The Hall–Kier alpha value is -3.95. The van der Waals surface area contributed by atoms with Crippen molar-refractivity contribution in [2.45, 2.75) is 44.7 Å². The number of hydrogen-bond donors (Lipinski definition) is 4. The van der Waals surface area contributed by atoms with Crippen LogP contribution in [0, 0.1) is 12.7 Å². The molecule has 2 aromatic carbocycles. The van der Waals surface area contributed by atoms with Crippen molar-refractivity contribution in [3.63, 3.8) is 0 Å². The zero-order valence-corrected chi connectivity index (χ0v) is 21.5. The van der Waals surface area contributed by atoms with Crippen molar-refractivity contribution in [2.75, 3.05) is 5.32 Å². The number of aromatic nitrogens is 2. The van der Waals surface area contributed by atoms with Gasteiger partial charge in [0, 0.05) is 29.9 Å². The fourth-order valence-corrected chi connectivity index (χ4v) is 5.06. The van der Waals surface area contributed by atoms with Gasteiger partial charge in [0.25, 0.3) is 0 Å². The molecule has 1 aliphatic carbocycles. The number of carbonyl (C=O) groups is 1. The number of benzene rings is 2. The Kier molecular flexibility index (Phi) is 7.05. The highest BCUT2D eigenvalue weighted by Crippen LogP contribution is 2.33. The van der Waals surface area contributed by atoms with Crippen LogP contribution in [0.3, 0.4) is 0 Å². The Labute approximate surface area is 224 Å². The van der Waals surface area contributed by atoms with Crippen LogP contribution in [-0.2, 0) is 0 Å². The van der Waals surface area contributed by atoms with Crippen molar-refractivity contribution < 1.29 is 14.3 Å². The largest absolute Gasteiger partial charge is 0.478 e. The molecule has 6 N–H and O–H groups in total. The van der Waals surface area contributed by atoms with Crippen molar-refractivity contribution in [3.8, 4) is 11.1 Å². The molecule has 0 unspecified atom stereocenters. The Morgan fingerprint density at radius 2 is 1.95 bits per heavy atom. The average Bonchev–Trinajstić information content (AvgIpc) is 3.32. The van der Waals surface area contributed by atoms with Gasteiger partial charge in [0.05, 0.1) is 39.2 Å². The number of nitrogens with zero attached hydrogens (tertiary/aromatic N) is 3. The van der Waals surface area contributed by atoms with Crippen molar-refractivity contribution in [1.29, 1.82) is 0 Å². The van der Waals surface area contributed by atoms with E-state index in [1.807, 2.05) is 19.2 Å². The number of nitrogens with two attached hydrogens (primary N) is 2. The fourth-order valence-electron chi connectivity index (χ4n) is 4.90. The molecule has 0 radical (unpaired) electrons. The summed E-state index contributed by atoms with van der Waals surface area (Å²) in [5, 5.41) is 17.8. The highest BCUT2D eigenvalue weighted by atomic mass is 35.5. The standard InChI is InChI=1S/C28H28ClFN6O2/c1-15-10-16(28(37)38)2-8-21(15)17-11-25-26(34-20-6-4-19(31)5-7-20)22(13-33-36(25)14-17)27(32)35-24-12-18(30)3-9-23(24)29/h2-3,8-14,19-20,34H,4-7,31H2,1H3,(H2,32,35)(H,37,38). The van der Waals surface area contributed by atoms with E-state index in [0.29, 0.717) is 5.56 Å². The molecule has 0 aliphatic heterocycles. The summed E-state index contributed by atoms with van der Waals surface area (Å²) in [6, 6.07) is 11.3. The van der Waals surface area contributed by atoms with Crippen LogP contribution in [0.15, 0.2) is 59.9 Å². The van der Waals surface area contributed by atoms with Crippen LogP contribution in [0.5, 0.6) is 0 Å². The number of rotatable bonds is 6. The summed E-state index contributed by atoms with van der Waals surface area (Å²) in [6.45, 7) is 1.88. The minimum absolute atomic E-state index is 0.146. The van der Waals surface area contributed by atoms with Gasteiger partial charge >= 0.3 is 5.97 Å². The van der Waals surface area contributed by atoms with E-state index in [0.717, 1.165) is 53.6 Å². The third-order valence-corrected chi connectivity index (χ3v) is 7.29. The molecular formula is C28H28ClFN6O2. The highest BCUT2D eigenvalue weighted by molar-refractivity contribution is 6.33. The second kappa shape index (κ2) is 10.4. The number of aromatic carboxylic acids is 1. The first-order chi connectivity index (χ1) is 18.2. The molecule has 0 spiro atoms. The first-order valence-electron chi connectivity index (χ1n) is 12.4. The van der Waals surface area contributed by atoms with Gasteiger partial charge in [0.15, 0.2) is 0 Å². The predicted octanol–water partition coefficient (Wildman–Crippen LogP) is 5.52. The molecule has 0 atom stereocenters. The monoisotopic (exact) mass is 534 g/mol. The number of halogens is 2. The molecule has 5 rings (SSSR count). The van der Waals surface area contributed by atoms with Gasteiger partial charge in [-0.25, -0.2) is 18.7 Å². The van der Waals surface area contributed by atoms with Crippen LogP contribution in [0.2, 0.25) is 5.02 Å². The molecule has 10 heteroatoms. The lowest BCUT2D eigenvalue weighted by Crippen LogP contribution is -2.33. The van der Waals surface area contributed by atoms with E-state index in [1.165, 1.54) is 18.2 Å². The van der Waals surface area contributed by atoms with E-state index in [-0.39, 0.29) is 34.2 Å². The third kappa shape index (κ3) is 5.20. The van der Waals surface area contributed by atoms with Crippen molar-refractivity contribution in [3.05, 3.63) is 82.4 Å². The van der Waals surface area contributed by atoms with E-state index < -0.39 is 11.8 Å². The Morgan fingerprint density at radius 3 is 2.66 bits per heavy atom. The molecular weight excluding hydrogens is 507 g/mol. The normalized spacial score (nSPS) is 18.1. The lowest BCUT2D eigenvalue weighted by molar-refractivity contribution is 0.0697. The third-order valence-electron chi connectivity index (χ3n) is 6.97. The summed E-state index contributed by atoms with van der Waals surface area (Å²) in [5.74, 6) is -1.29. The first-order valence-corrected chi connectivity index (χ1v) is 12.7. The number of amidine groups is 1. The van der Waals surface area contributed by atoms with Gasteiger partial charge in [-0.1, -0.05) is 17.7 Å². The van der Waals surface area contributed by atoms with E-state index >= 15 is 0 Å². The maximum atomic E-state index is 13.9. The van der Waals surface area contributed by atoms with E-state index in [4.69, 9.17) is 23.1 Å². The summed E-state index contributed by atoms with van der Waals surface area (Å²) in [6.07, 6.45) is 7.16. The molecule has 2 aromatic heterocycles. The van der Waals surface area contributed by atoms with Gasteiger partial charge in [-0.05, 0) is 74.1 Å². The lowest BCUT2D eigenvalue weighted by Gasteiger charge is -2.28. The zero-order valence-electron chi connectivity index (χ0n) is 20.8. The number of nitrogens with one attached hydrogen (secondary N) is 1. The zero-order chi connectivity index (χ0) is 27.0. The van der Waals surface area contributed by atoms with Crippen LogP contribution in [0.1, 0.15) is 47.2 Å². The van der Waals surface area contributed by atoms with E-state index in [2.05, 4.69) is 15.4 Å². The van der Waals surface area contributed by atoms with Gasteiger partial charge in [-0.15, -0.1) is 0 Å². The molecule has 38 heavy (non-hydrogen) atoms. The van der Waals surface area contributed by atoms with Crippen LogP contribution in [0.25, 0.3) is 16.6 Å². The molecule has 1 fully saturated rings. The van der Waals surface area contributed by atoms with Gasteiger partial charge in [0.1, 0.15) is 11.7 Å². The second-order valence-electron chi connectivity index (χ2n) is 9.68. The SMILES string of the molecule is Cc1cc(C(=O)O)ccc1-c1cc2c(NC3CCC(N)CC3)c(C(N)=Nc3cc(F)ccc3Cl)cnn2c1. The Bertz CT molecular complexity index is 1560. The number of anilines is 1. The number of carboxylic acid groups (broad SMARTS) is 1. The molecule has 1 aliphatic rings. The summed E-state index contributed by atoms with van der Waals surface area (Å²) < 4.78 is 15.6. The number of aryl methyl sites for hydroxylation is 1. The van der Waals surface area contributed by atoms with Gasteiger partial charge in [0.2, 0.25) is 0 Å². The van der Waals surface area contributed by atoms with E-state index in [9.17, 15) is 14.3 Å². The molecule has 196 valence electrons. The summed E-state index contributed by atoms with van der Waals surface area (Å²) in [4.78, 5) is 15.8. The Balaban J connectivity index is 1.62. The summed E-state index contributed by atoms with van der Waals surface area (Å²) >= 11 is 6.24. The number of fused-ring (bicyclic) bond motifs is 1. The van der Waals surface area contributed by atoms with Crippen molar-refractivity contribution >= 4 is 40.3 Å².